The van der Waals surface area contributed by atoms with Gasteiger partial charge in [-0.3, -0.25) is 4.98 Å². The molecule has 30 heavy (non-hydrogen) atoms. The first-order valence-corrected chi connectivity index (χ1v) is 10.1. The van der Waals surface area contributed by atoms with Crippen LogP contribution in [0.2, 0.25) is 0 Å². The molecular formula is C25H21N3O2. The average Bonchev–Trinajstić information content (AvgIpc) is 3.27. The minimum Gasteiger partial charge on any atom is -0.454 e. The van der Waals surface area contributed by atoms with Crippen LogP contribution in [-0.2, 0) is 5.41 Å². The number of nitrogens with zero attached hydrogens (tertiary/aromatic N) is 1. The lowest BCUT2D eigenvalue weighted by Crippen LogP contribution is -2.16. The maximum absolute atomic E-state index is 5.57. The Kier molecular flexibility index (Phi) is 3.65. The van der Waals surface area contributed by atoms with Crippen LogP contribution in [0.1, 0.15) is 18.4 Å². The van der Waals surface area contributed by atoms with Gasteiger partial charge in [0.1, 0.15) is 0 Å². The highest BCUT2D eigenvalue weighted by Crippen LogP contribution is 2.54. The number of nitrogens with one attached hydrogen (secondary N) is 2. The summed E-state index contributed by atoms with van der Waals surface area (Å²) in [6.45, 7) is 4.68. The zero-order chi connectivity index (χ0) is 20.1. The number of aromatic nitrogens is 2. The number of pyridine rings is 1. The first kappa shape index (κ1) is 17.2. The predicted molar refractivity (Wildman–Crippen MR) is 118 cm³/mol. The van der Waals surface area contributed by atoms with Crippen LogP contribution in [0.5, 0.6) is 11.5 Å². The van der Waals surface area contributed by atoms with Crippen LogP contribution < -0.4 is 14.8 Å². The highest BCUT2D eigenvalue weighted by atomic mass is 16.7. The molecule has 0 spiro atoms. The smallest absolute Gasteiger partial charge is 0.231 e. The van der Waals surface area contributed by atoms with Gasteiger partial charge in [0.15, 0.2) is 11.5 Å². The van der Waals surface area contributed by atoms with E-state index in [0.29, 0.717) is 6.79 Å². The van der Waals surface area contributed by atoms with Gasteiger partial charge in [-0.25, -0.2) is 0 Å². The van der Waals surface area contributed by atoms with E-state index in [2.05, 4.69) is 64.3 Å². The van der Waals surface area contributed by atoms with Crippen molar-refractivity contribution < 1.29 is 9.47 Å². The highest BCUT2D eigenvalue weighted by molar-refractivity contribution is 5.88. The molecule has 2 N–H and O–H groups in total. The Balaban J connectivity index is 1.27. The normalized spacial score (nSPS) is 15.9. The highest BCUT2D eigenvalue weighted by Gasteiger charge is 2.47. The van der Waals surface area contributed by atoms with Gasteiger partial charge in [-0.15, -0.1) is 0 Å². The van der Waals surface area contributed by atoms with Crippen LogP contribution in [0.4, 0.5) is 5.69 Å². The number of hydrogen-bond donors (Lipinski definition) is 2. The Morgan fingerprint density at radius 2 is 1.93 bits per heavy atom. The number of allylic oxidation sites excluding steroid dienone is 1. The molecule has 5 nitrogen and oxygen atoms in total. The molecule has 1 fully saturated rings. The third-order valence-corrected chi connectivity index (χ3v) is 6.14. The minimum absolute atomic E-state index is 0.0467. The number of ether oxygens (including phenoxy) is 2. The summed E-state index contributed by atoms with van der Waals surface area (Å²) in [7, 11) is 0. The number of aromatic amines is 1. The number of H-pyrrole nitrogens is 1. The molecule has 0 amide bonds. The van der Waals surface area contributed by atoms with Crippen LogP contribution in [-0.4, -0.2) is 16.8 Å². The zero-order valence-corrected chi connectivity index (χ0v) is 16.4. The Morgan fingerprint density at radius 1 is 1.03 bits per heavy atom. The van der Waals surface area contributed by atoms with Crippen LogP contribution >= 0.6 is 0 Å². The molecule has 0 saturated heterocycles. The second-order valence-corrected chi connectivity index (χ2v) is 7.98. The number of hydrogen-bond acceptors (Lipinski definition) is 4. The van der Waals surface area contributed by atoms with Crippen molar-refractivity contribution in [3.63, 3.8) is 0 Å². The Labute approximate surface area is 174 Å². The molecule has 1 saturated carbocycles. The van der Waals surface area contributed by atoms with Crippen LogP contribution in [0.3, 0.4) is 0 Å². The molecule has 0 atom stereocenters. The van der Waals surface area contributed by atoms with Crippen LogP contribution in [0.25, 0.3) is 22.2 Å². The first-order valence-electron chi connectivity index (χ1n) is 10.1. The largest absolute Gasteiger partial charge is 0.454 e. The molecule has 0 radical (unpaired) electrons. The van der Waals surface area contributed by atoms with Crippen molar-refractivity contribution in [2.75, 3.05) is 12.1 Å². The summed E-state index contributed by atoms with van der Waals surface area (Å²) in [6.07, 6.45) is 5.81. The molecule has 6 rings (SSSR count). The van der Waals surface area contributed by atoms with E-state index in [9.17, 15) is 0 Å². The van der Waals surface area contributed by atoms with Gasteiger partial charge >= 0.3 is 0 Å². The second kappa shape index (κ2) is 6.39. The van der Waals surface area contributed by atoms with Crippen molar-refractivity contribution in [1.82, 2.24) is 9.97 Å². The minimum atomic E-state index is -0.0467. The van der Waals surface area contributed by atoms with Crippen LogP contribution in [0.15, 0.2) is 79.3 Å². The first-order chi connectivity index (χ1) is 14.7. The van der Waals surface area contributed by atoms with E-state index in [-0.39, 0.29) is 5.41 Å². The summed E-state index contributed by atoms with van der Waals surface area (Å²) in [5, 5.41) is 4.71. The molecule has 2 aromatic carbocycles. The maximum atomic E-state index is 5.57. The van der Waals surface area contributed by atoms with Crippen molar-refractivity contribution in [3.05, 3.63) is 84.8 Å². The standard InChI is InChI=1S/C25H21N3O2/c1-16(25(8-9-25)19-4-7-23-24(13-19)30-15-29-23)27-20-5-6-21-18(11-20)12-22(28-21)17-3-2-10-26-14-17/h2-7,10-14,27-28H,1,8-9,15H2. The van der Waals surface area contributed by atoms with Gasteiger partial charge in [0.25, 0.3) is 0 Å². The summed E-state index contributed by atoms with van der Waals surface area (Å²) in [6, 6.07) is 18.7. The van der Waals surface area contributed by atoms with E-state index in [4.69, 9.17) is 9.47 Å². The van der Waals surface area contributed by atoms with Gasteiger partial charge in [-0.05, 0) is 66.9 Å². The molecule has 0 unspecified atom stereocenters. The number of benzene rings is 2. The molecule has 3 heterocycles. The Morgan fingerprint density at radius 3 is 2.77 bits per heavy atom. The topological polar surface area (TPSA) is 59.2 Å². The molecule has 1 aliphatic heterocycles. The number of fused-ring (bicyclic) bond motifs is 2. The van der Waals surface area contributed by atoms with Crippen molar-refractivity contribution in [2.45, 2.75) is 18.3 Å². The molecule has 148 valence electrons. The van der Waals surface area contributed by atoms with E-state index in [1.165, 1.54) is 5.56 Å². The van der Waals surface area contributed by atoms with Crippen molar-refractivity contribution in [2.24, 2.45) is 0 Å². The van der Waals surface area contributed by atoms with Gasteiger partial charge in [0, 0.05) is 51.4 Å². The van der Waals surface area contributed by atoms with E-state index in [1.807, 2.05) is 18.3 Å². The summed E-state index contributed by atoms with van der Waals surface area (Å²) in [4.78, 5) is 7.68. The van der Waals surface area contributed by atoms with Crippen molar-refractivity contribution >= 4 is 16.6 Å². The quantitative estimate of drug-likeness (QED) is 0.461. The lowest BCUT2D eigenvalue weighted by atomic mass is 9.92. The SMILES string of the molecule is C=C(Nc1ccc2[nH]c(-c3cccnc3)cc2c1)C1(c2ccc3c(c2)OCO3)CC1. The van der Waals surface area contributed by atoms with Gasteiger partial charge in [0.2, 0.25) is 6.79 Å². The fraction of sp³-hybridized carbons (Fsp3) is 0.160. The second-order valence-electron chi connectivity index (χ2n) is 7.98. The van der Waals surface area contributed by atoms with Gasteiger partial charge in [-0.2, -0.15) is 0 Å². The number of anilines is 1. The molecule has 5 heteroatoms. The molecule has 1 aliphatic carbocycles. The van der Waals surface area contributed by atoms with E-state index in [1.54, 1.807) is 6.20 Å². The maximum Gasteiger partial charge on any atom is 0.231 e. The third-order valence-electron chi connectivity index (χ3n) is 6.14. The van der Waals surface area contributed by atoms with E-state index in [0.717, 1.165) is 57.9 Å². The van der Waals surface area contributed by atoms with Gasteiger partial charge < -0.3 is 19.8 Å². The number of rotatable bonds is 5. The monoisotopic (exact) mass is 395 g/mol. The van der Waals surface area contributed by atoms with E-state index < -0.39 is 0 Å². The van der Waals surface area contributed by atoms with Crippen LogP contribution in [0, 0.1) is 0 Å². The van der Waals surface area contributed by atoms with Crippen molar-refractivity contribution in [3.8, 4) is 22.8 Å². The summed E-state index contributed by atoms with van der Waals surface area (Å²) >= 11 is 0. The lowest BCUT2D eigenvalue weighted by molar-refractivity contribution is 0.174. The summed E-state index contributed by atoms with van der Waals surface area (Å²) < 4.78 is 11.0. The molecule has 4 aromatic rings. The summed E-state index contributed by atoms with van der Waals surface area (Å²) in [5.41, 5.74) is 6.47. The average molecular weight is 395 g/mol. The van der Waals surface area contributed by atoms with Gasteiger partial charge in [-0.1, -0.05) is 12.6 Å². The lowest BCUT2D eigenvalue weighted by Gasteiger charge is -2.21. The molecular weight excluding hydrogens is 374 g/mol. The molecule has 2 aromatic heterocycles. The summed E-state index contributed by atoms with van der Waals surface area (Å²) in [5.74, 6) is 1.64. The zero-order valence-electron chi connectivity index (χ0n) is 16.4. The predicted octanol–water partition coefficient (Wildman–Crippen LogP) is 5.62. The Hall–Kier alpha value is -3.73. The molecule has 0 bridgehead atoms. The van der Waals surface area contributed by atoms with Gasteiger partial charge in [0.05, 0.1) is 0 Å². The molecule has 2 aliphatic rings. The third kappa shape index (κ3) is 2.74. The van der Waals surface area contributed by atoms with E-state index >= 15 is 0 Å². The Bertz CT molecular complexity index is 1270. The van der Waals surface area contributed by atoms with Crippen molar-refractivity contribution in [1.29, 1.82) is 0 Å². The fourth-order valence-corrected chi connectivity index (χ4v) is 4.27. The fourth-order valence-electron chi connectivity index (χ4n) is 4.27.